The molecule has 2 aromatic rings. The Labute approximate surface area is 151 Å². The maximum absolute atomic E-state index is 13.2. The molecule has 0 atom stereocenters. The van der Waals surface area contributed by atoms with Crippen LogP contribution in [0.2, 0.25) is 5.02 Å². The molecule has 2 rings (SSSR count). The number of carbonyl (C=O) groups excluding carboxylic acids is 2. The average Bonchev–Trinajstić information content (AvgIpc) is 2.62. The second-order valence-corrected chi connectivity index (χ2v) is 6.03. The smallest absolute Gasteiger partial charge is 0.255 e. The van der Waals surface area contributed by atoms with Crippen molar-refractivity contribution < 1.29 is 14.0 Å². The van der Waals surface area contributed by atoms with Crippen molar-refractivity contribution in [2.24, 2.45) is 0 Å². The maximum Gasteiger partial charge on any atom is 0.255 e. The molecule has 0 fully saturated rings. The molecule has 0 aliphatic heterocycles. The van der Waals surface area contributed by atoms with Crippen molar-refractivity contribution in [2.75, 3.05) is 11.9 Å². The number of nitrogens with one attached hydrogen (secondary N) is 2. The number of unbranched alkanes of at least 4 members (excludes halogenated alkanes) is 2. The molecule has 0 saturated heterocycles. The number of benzene rings is 2. The minimum absolute atomic E-state index is 0.0713. The Hall–Kier alpha value is -2.40. The van der Waals surface area contributed by atoms with Gasteiger partial charge in [-0.05, 0) is 42.8 Å². The highest BCUT2D eigenvalue weighted by Crippen LogP contribution is 2.20. The number of hydrogen-bond acceptors (Lipinski definition) is 2. The molecule has 0 heterocycles. The van der Waals surface area contributed by atoms with Crippen LogP contribution in [-0.2, 0) is 0 Å². The molecule has 0 bridgehead atoms. The molecule has 25 heavy (non-hydrogen) atoms. The average molecular weight is 363 g/mol. The van der Waals surface area contributed by atoms with E-state index < -0.39 is 11.7 Å². The zero-order valence-corrected chi connectivity index (χ0v) is 14.7. The number of amides is 2. The van der Waals surface area contributed by atoms with E-state index in [0.717, 1.165) is 19.3 Å². The monoisotopic (exact) mass is 362 g/mol. The zero-order valence-electron chi connectivity index (χ0n) is 13.9. The first-order valence-corrected chi connectivity index (χ1v) is 8.53. The van der Waals surface area contributed by atoms with Crippen molar-refractivity contribution in [3.63, 3.8) is 0 Å². The Bertz CT molecular complexity index is 765. The number of rotatable bonds is 7. The van der Waals surface area contributed by atoms with Crippen LogP contribution in [0.1, 0.15) is 46.9 Å². The van der Waals surface area contributed by atoms with E-state index in [9.17, 15) is 14.0 Å². The van der Waals surface area contributed by atoms with Gasteiger partial charge in [-0.1, -0.05) is 37.4 Å². The fourth-order valence-electron chi connectivity index (χ4n) is 2.26. The van der Waals surface area contributed by atoms with E-state index in [1.807, 2.05) is 0 Å². The molecule has 0 aliphatic carbocycles. The summed E-state index contributed by atoms with van der Waals surface area (Å²) in [4.78, 5) is 24.4. The maximum atomic E-state index is 13.2. The molecule has 2 aromatic carbocycles. The second kappa shape index (κ2) is 9.18. The van der Waals surface area contributed by atoms with Crippen LogP contribution in [-0.4, -0.2) is 18.4 Å². The summed E-state index contributed by atoms with van der Waals surface area (Å²) in [5, 5.41) is 5.39. The lowest BCUT2D eigenvalue weighted by Gasteiger charge is -2.08. The van der Waals surface area contributed by atoms with Gasteiger partial charge in [0.1, 0.15) is 5.82 Å². The Kier molecular flexibility index (Phi) is 6.95. The minimum atomic E-state index is -0.554. The van der Waals surface area contributed by atoms with Crippen molar-refractivity contribution in [3.05, 3.63) is 64.4 Å². The molecular formula is C19H20ClFN2O2. The van der Waals surface area contributed by atoms with Gasteiger partial charge in [0.15, 0.2) is 0 Å². The predicted molar refractivity (Wildman–Crippen MR) is 97.7 cm³/mol. The van der Waals surface area contributed by atoms with Crippen LogP contribution in [0.3, 0.4) is 0 Å². The van der Waals surface area contributed by atoms with E-state index in [0.29, 0.717) is 23.4 Å². The summed E-state index contributed by atoms with van der Waals surface area (Å²) in [6.07, 6.45) is 3.07. The Morgan fingerprint density at radius 3 is 2.44 bits per heavy atom. The van der Waals surface area contributed by atoms with Gasteiger partial charge in [0.05, 0.1) is 5.02 Å². The van der Waals surface area contributed by atoms with Gasteiger partial charge in [0, 0.05) is 23.4 Å². The van der Waals surface area contributed by atoms with E-state index in [1.165, 1.54) is 24.3 Å². The van der Waals surface area contributed by atoms with Gasteiger partial charge in [0.2, 0.25) is 0 Å². The molecule has 132 valence electrons. The first-order chi connectivity index (χ1) is 12.0. The lowest BCUT2D eigenvalue weighted by molar-refractivity contribution is 0.0953. The van der Waals surface area contributed by atoms with Crippen LogP contribution >= 0.6 is 11.6 Å². The van der Waals surface area contributed by atoms with Gasteiger partial charge in [-0.3, -0.25) is 9.59 Å². The fourth-order valence-corrected chi connectivity index (χ4v) is 2.44. The van der Waals surface area contributed by atoms with E-state index in [1.54, 1.807) is 18.2 Å². The molecular weight excluding hydrogens is 343 g/mol. The third-order valence-corrected chi connectivity index (χ3v) is 3.92. The molecule has 0 radical (unpaired) electrons. The van der Waals surface area contributed by atoms with Crippen molar-refractivity contribution in [1.82, 2.24) is 5.32 Å². The summed E-state index contributed by atoms with van der Waals surface area (Å²) in [6.45, 7) is 2.70. The molecule has 0 unspecified atom stereocenters. The molecule has 2 amide bonds. The second-order valence-electron chi connectivity index (χ2n) is 5.63. The SMILES string of the molecule is CCCCCNC(=O)c1cccc(C(=O)Nc2ccc(F)c(Cl)c2)c1. The molecule has 2 N–H and O–H groups in total. The van der Waals surface area contributed by atoms with Crippen molar-refractivity contribution in [3.8, 4) is 0 Å². The molecule has 4 nitrogen and oxygen atoms in total. The van der Waals surface area contributed by atoms with Crippen molar-refractivity contribution in [2.45, 2.75) is 26.2 Å². The highest BCUT2D eigenvalue weighted by molar-refractivity contribution is 6.31. The Morgan fingerprint density at radius 2 is 1.76 bits per heavy atom. The van der Waals surface area contributed by atoms with Crippen LogP contribution in [0.25, 0.3) is 0 Å². The molecule has 6 heteroatoms. The summed E-state index contributed by atoms with van der Waals surface area (Å²) in [5.74, 6) is -1.17. The van der Waals surface area contributed by atoms with Crippen LogP contribution in [0.4, 0.5) is 10.1 Å². The van der Waals surface area contributed by atoms with E-state index in [-0.39, 0.29) is 10.9 Å². The van der Waals surface area contributed by atoms with Gasteiger partial charge >= 0.3 is 0 Å². The molecule has 0 aliphatic rings. The van der Waals surface area contributed by atoms with Gasteiger partial charge in [-0.2, -0.15) is 0 Å². The molecule has 0 aromatic heterocycles. The number of carbonyl (C=O) groups is 2. The van der Waals surface area contributed by atoms with Gasteiger partial charge in [-0.15, -0.1) is 0 Å². The van der Waals surface area contributed by atoms with Crippen LogP contribution < -0.4 is 10.6 Å². The summed E-state index contributed by atoms with van der Waals surface area (Å²) in [6, 6.07) is 10.4. The summed E-state index contributed by atoms with van der Waals surface area (Å²) < 4.78 is 13.2. The highest BCUT2D eigenvalue weighted by atomic mass is 35.5. The summed E-state index contributed by atoms with van der Waals surface area (Å²) in [5.41, 5.74) is 1.13. The van der Waals surface area contributed by atoms with Gasteiger partial charge < -0.3 is 10.6 Å². The third kappa shape index (κ3) is 5.57. The minimum Gasteiger partial charge on any atom is -0.352 e. The normalized spacial score (nSPS) is 10.4. The predicted octanol–water partition coefficient (Wildman–Crippen LogP) is 4.65. The number of anilines is 1. The quantitative estimate of drug-likeness (QED) is 0.704. The van der Waals surface area contributed by atoms with Crippen LogP contribution in [0.5, 0.6) is 0 Å². The largest absolute Gasteiger partial charge is 0.352 e. The lowest BCUT2D eigenvalue weighted by atomic mass is 10.1. The Balaban J connectivity index is 2.03. The van der Waals surface area contributed by atoms with E-state index >= 15 is 0 Å². The van der Waals surface area contributed by atoms with Crippen molar-refractivity contribution in [1.29, 1.82) is 0 Å². The van der Waals surface area contributed by atoms with E-state index in [4.69, 9.17) is 11.6 Å². The van der Waals surface area contributed by atoms with Gasteiger partial charge in [0.25, 0.3) is 11.8 Å². The molecule has 0 saturated carbocycles. The van der Waals surface area contributed by atoms with Crippen molar-refractivity contribution >= 4 is 29.1 Å². The third-order valence-electron chi connectivity index (χ3n) is 3.63. The molecule has 0 spiro atoms. The topological polar surface area (TPSA) is 58.2 Å². The van der Waals surface area contributed by atoms with Crippen LogP contribution in [0, 0.1) is 5.82 Å². The highest BCUT2D eigenvalue weighted by Gasteiger charge is 2.11. The number of hydrogen-bond donors (Lipinski definition) is 2. The lowest BCUT2D eigenvalue weighted by Crippen LogP contribution is -2.24. The fraction of sp³-hybridized carbons (Fsp3) is 0.263. The number of halogens is 2. The first kappa shape index (κ1) is 18.9. The standard InChI is InChI=1S/C19H20ClFN2O2/c1-2-3-4-10-22-18(24)13-6-5-7-14(11-13)19(25)23-15-8-9-17(21)16(20)12-15/h5-9,11-12H,2-4,10H2,1H3,(H,22,24)(H,23,25). The Morgan fingerprint density at radius 1 is 1.04 bits per heavy atom. The zero-order chi connectivity index (χ0) is 18.2. The van der Waals surface area contributed by atoms with Crippen LogP contribution in [0.15, 0.2) is 42.5 Å². The van der Waals surface area contributed by atoms with E-state index in [2.05, 4.69) is 17.6 Å². The first-order valence-electron chi connectivity index (χ1n) is 8.16. The summed E-state index contributed by atoms with van der Waals surface area (Å²) in [7, 11) is 0. The van der Waals surface area contributed by atoms with Gasteiger partial charge in [-0.25, -0.2) is 4.39 Å². The summed E-state index contributed by atoms with van der Waals surface area (Å²) >= 11 is 5.70.